The molecule has 0 spiro atoms. The fraction of sp³-hybridized carbons (Fsp3) is 0.400. The van der Waals surface area contributed by atoms with Gasteiger partial charge in [0.25, 0.3) is 0 Å². The van der Waals surface area contributed by atoms with Crippen LogP contribution in [0.3, 0.4) is 0 Å². The van der Waals surface area contributed by atoms with Gasteiger partial charge in [-0.25, -0.2) is 0 Å². The predicted octanol–water partition coefficient (Wildman–Crippen LogP) is 2.07. The zero-order valence-electron chi connectivity index (χ0n) is 9.20. The van der Waals surface area contributed by atoms with Crippen LogP contribution in [0.2, 0.25) is 0 Å². The first-order chi connectivity index (χ1) is 6.25. The summed E-state index contributed by atoms with van der Waals surface area (Å²) >= 11 is 0. The number of hydrogen-bond acceptors (Lipinski definition) is 4. The molecular weight excluding hydrogens is 287 g/mol. The van der Waals surface area contributed by atoms with Gasteiger partial charge >= 0.3 is 0 Å². The number of carbonyl (C=O) groups excluding carboxylic acids is 2. The summed E-state index contributed by atoms with van der Waals surface area (Å²) in [6.07, 6.45) is 2.33. The van der Waals surface area contributed by atoms with Crippen molar-refractivity contribution in [3.05, 3.63) is 23.7 Å². The quantitative estimate of drug-likeness (QED) is 0.465. The van der Waals surface area contributed by atoms with E-state index in [1.54, 1.807) is 0 Å². The van der Waals surface area contributed by atoms with Crippen LogP contribution < -0.4 is 0 Å². The van der Waals surface area contributed by atoms with Crippen molar-refractivity contribution in [2.75, 3.05) is 0 Å². The van der Waals surface area contributed by atoms with Crippen LogP contribution in [0.25, 0.3) is 0 Å². The molecule has 0 aliphatic rings. The maximum absolute atomic E-state index is 10.0. The second kappa shape index (κ2) is 11.1. The van der Waals surface area contributed by atoms with Gasteiger partial charge in [0, 0.05) is 31.6 Å². The second-order valence-electron chi connectivity index (χ2n) is 2.79. The van der Waals surface area contributed by atoms with Gasteiger partial charge in [0.2, 0.25) is 0 Å². The molecule has 0 aliphatic heterocycles. The van der Waals surface area contributed by atoms with Gasteiger partial charge in [-0.1, -0.05) is 0 Å². The van der Waals surface area contributed by atoms with E-state index in [0.717, 1.165) is 0 Å². The summed E-state index contributed by atoms with van der Waals surface area (Å²) in [5.41, 5.74) is 0. The summed E-state index contributed by atoms with van der Waals surface area (Å²) in [5.74, 6) is -0.125. The van der Waals surface area contributed by atoms with E-state index in [-0.39, 0.29) is 42.6 Å². The van der Waals surface area contributed by atoms with Gasteiger partial charge < -0.3 is 10.2 Å². The Morgan fingerprint density at radius 1 is 0.800 bits per heavy atom. The Morgan fingerprint density at radius 3 is 1.00 bits per heavy atom. The van der Waals surface area contributed by atoms with Gasteiger partial charge in [-0.2, -0.15) is 0 Å². The number of allylic oxidation sites excluding steroid dienone is 4. The maximum Gasteiger partial charge on any atom is 0.155 e. The van der Waals surface area contributed by atoms with E-state index in [1.807, 2.05) is 0 Å². The van der Waals surface area contributed by atoms with Crippen LogP contribution in [-0.4, -0.2) is 21.8 Å². The van der Waals surface area contributed by atoms with Gasteiger partial charge in [-0.05, 0) is 27.7 Å². The topological polar surface area (TPSA) is 74.6 Å². The SMILES string of the molecule is CC(=O)/C=C(/C)O.CC(=O)/C=C(/C)O.[Rh]. The molecule has 0 atom stereocenters. The smallest absolute Gasteiger partial charge is 0.155 e. The molecule has 0 fully saturated rings. The fourth-order valence-corrected chi connectivity index (χ4v) is 0.588. The number of hydrogen-bond donors (Lipinski definition) is 2. The van der Waals surface area contributed by atoms with Crippen molar-refractivity contribution in [1.82, 2.24) is 0 Å². The molecule has 0 aromatic rings. The minimum Gasteiger partial charge on any atom is -0.512 e. The van der Waals surface area contributed by atoms with Crippen molar-refractivity contribution in [3.8, 4) is 0 Å². The third kappa shape index (κ3) is 32.1. The van der Waals surface area contributed by atoms with Crippen molar-refractivity contribution >= 4 is 11.6 Å². The van der Waals surface area contributed by atoms with Crippen molar-refractivity contribution < 1.29 is 39.3 Å². The van der Waals surface area contributed by atoms with Crippen molar-refractivity contribution in [3.63, 3.8) is 0 Å². The molecule has 0 unspecified atom stereocenters. The van der Waals surface area contributed by atoms with E-state index < -0.39 is 0 Å². The molecule has 0 aromatic heterocycles. The van der Waals surface area contributed by atoms with E-state index in [1.165, 1.54) is 39.8 Å². The van der Waals surface area contributed by atoms with E-state index in [2.05, 4.69) is 0 Å². The molecule has 4 nitrogen and oxygen atoms in total. The minimum absolute atomic E-state index is 0. The van der Waals surface area contributed by atoms with E-state index in [4.69, 9.17) is 10.2 Å². The molecule has 0 rings (SSSR count). The Kier molecular flexibility index (Phi) is 14.5. The molecule has 1 radical (unpaired) electrons. The molecule has 0 amide bonds. The summed E-state index contributed by atoms with van der Waals surface area (Å²) in [7, 11) is 0. The average molecular weight is 303 g/mol. The number of aliphatic hydroxyl groups excluding tert-OH is 2. The summed E-state index contributed by atoms with van der Waals surface area (Å²) in [5, 5.41) is 16.7. The average Bonchev–Trinajstić information content (AvgIpc) is 1.79. The predicted molar refractivity (Wildman–Crippen MR) is 54.1 cm³/mol. The third-order valence-corrected chi connectivity index (χ3v) is 0.824. The molecule has 0 bridgehead atoms. The van der Waals surface area contributed by atoms with Crippen molar-refractivity contribution in [2.24, 2.45) is 0 Å². The zero-order chi connectivity index (χ0) is 11.7. The molecule has 0 aromatic carbocycles. The minimum atomic E-state index is -0.125. The first-order valence-corrected chi connectivity index (χ1v) is 4.01. The van der Waals surface area contributed by atoms with Crippen LogP contribution in [0.1, 0.15) is 27.7 Å². The van der Waals surface area contributed by atoms with Crippen LogP contribution in [0, 0.1) is 0 Å². The normalized spacial score (nSPS) is 10.7. The molecule has 2 N–H and O–H groups in total. The Bertz CT molecular complexity index is 231. The van der Waals surface area contributed by atoms with Crippen LogP contribution in [0.4, 0.5) is 0 Å². The van der Waals surface area contributed by atoms with E-state index in [0.29, 0.717) is 0 Å². The van der Waals surface area contributed by atoms with E-state index >= 15 is 0 Å². The molecule has 0 saturated heterocycles. The Hall–Kier alpha value is -0.957. The zero-order valence-corrected chi connectivity index (χ0v) is 10.8. The fourth-order valence-electron chi connectivity index (χ4n) is 0.588. The van der Waals surface area contributed by atoms with Gasteiger partial charge in [-0.3, -0.25) is 9.59 Å². The van der Waals surface area contributed by atoms with Crippen LogP contribution >= 0.6 is 0 Å². The van der Waals surface area contributed by atoms with Gasteiger partial charge in [0.05, 0.1) is 11.5 Å². The first-order valence-electron chi connectivity index (χ1n) is 4.01. The Labute approximate surface area is 102 Å². The van der Waals surface area contributed by atoms with Crippen LogP contribution in [-0.2, 0) is 29.1 Å². The summed E-state index contributed by atoms with van der Waals surface area (Å²) < 4.78 is 0. The molecule has 0 saturated carbocycles. The molecule has 0 aliphatic carbocycles. The number of rotatable bonds is 2. The largest absolute Gasteiger partial charge is 0.512 e. The standard InChI is InChI=1S/2C5H8O2.Rh/c2*1-4(6)3-5(2)7;/h2*3,6H,1-2H3;/b2*4-3-;. The molecule has 15 heavy (non-hydrogen) atoms. The Morgan fingerprint density at radius 2 is 1.00 bits per heavy atom. The van der Waals surface area contributed by atoms with Gasteiger partial charge in [0.1, 0.15) is 0 Å². The summed E-state index contributed by atoms with van der Waals surface area (Å²) in [6.45, 7) is 5.70. The van der Waals surface area contributed by atoms with Crippen molar-refractivity contribution in [1.29, 1.82) is 0 Å². The first kappa shape index (κ1) is 19.6. The number of aliphatic hydroxyl groups is 2. The Balaban J connectivity index is -0.000000180. The summed E-state index contributed by atoms with van der Waals surface area (Å²) in [4.78, 5) is 20.0. The molecule has 5 heteroatoms. The third-order valence-electron chi connectivity index (χ3n) is 0.824. The molecular formula is C10H16O4Rh. The van der Waals surface area contributed by atoms with Crippen LogP contribution in [0.15, 0.2) is 23.7 Å². The van der Waals surface area contributed by atoms with Gasteiger partial charge in [0.15, 0.2) is 11.6 Å². The van der Waals surface area contributed by atoms with E-state index in [9.17, 15) is 9.59 Å². The van der Waals surface area contributed by atoms with Crippen molar-refractivity contribution in [2.45, 2.75) is 27.7 Å². The number of ketones is 2. The monoisotopic (exact) mass is 303 g/mol. The molecule has 89 valence electrons. The maximum atomic E-state index is 10.0. The second-order valence-corrected chi connectivity index (χ2v) is 2.79. The van der Waals surface area contributed by atoms with Gasteiger partial charge in [-0.15, -0.1) is 0 Å². The molecule has 0 heterocycles. The number of carbonyl (C=O) groups is 2. The summed E-state index contributed by atoms with van der Waals surface area (Å²) in [6, 6.07) is 0. The van der Waals surface area contributed by atoms with Crippen LogP contribution in [0.5, 0.6) is 0 Å².